The van der Waals surface area contributed by atoms with Crippen molar-refractivity contribution in [2.24, 2.45) is 0 Å². The van der Waals surface area contributed by atoms with E-state index >= 15 is 0 Å². The van der Waals surface area contributed by atoms with Crippen LogP contribution in [-0.4, -0.2) is 16.8 Å². The van der Waals surface area contributed by atoms with Gasteiger partial charge in [-0.05, 0) is 65.1 Å². The van der Waals surface area contributed by atoms with Gasteiger partial charge in [-0.2, -0.15) is 13.2 Å². The summed E-state index contributed by atoms with van der Waals surface area (Å²) in [5.41, 5.74) is 1.07. The topological polar surface area (TPSA) is 71.1 Å². The van der Waals surface area contributed by atoms with E-state index in [1.165, 1.54) is 23.5 Å². The molecular formula is C23H16F3N3O2S2. The van der Waals surface area contributed by atoms with E-state index in [1.807, 2.05) is 23.6 Å². The van der Waals surface area contributed by atoms with Gasteiger partial charge >= 0.3 is 6.18 Å². The maximum Gasteiger partial charge on any atom is 0.416 e. The maximum atomic E-state index is 12.9. The summed E-state index contributed by atoms with van der Waals surface area (Å²) in [6.07, 6.45) is 3.60. The predicted octanol–water partition coefficient (Wildman–Crippen LogP) is 5.58. The van der Waals surface area contributed by atoms with Crippen LogP contribution in [0.5, 0.6) is 0 Å². The minimum absolute atomic E-state index is 0.143. The van der Waals surface area contributed by atoms with Crippen LogP contribution in [-0.2, 0) is 22.3 Å². The number of amides is 2. The predicted molar refractivity (Wildman–Crippen MR) is 123 cm³/mol. The molecule has 0 unspecified atom stereocenters. The molecule has 3 aromatic rings. The summed E-state index contributed by atoms with van der Waals surface area (Å²) in [5, 5.41) is 7.15. The number of rotatable bonds is 5. The van der Waals surface area contributed by atoms with Gasteiger partial charge in [-0.15, -0.1) is 11.3 Å². The zero-order chi connectivity index (χ0) is 23.4. The Balaban J connectivity index is 1.40. The summed E-state index contributed by atoms with van der Waals surface area (Å²) in [4.78, 5) is 30.0. The fourth-order valence-electron chi connectivity index (χ4n) is 2.92. The van der Waals surface area contributed by atoms with E-state index in [1.54, 1.807) is 24.5 Å². The van der Waals surface area contributed by atoms with Crippen molar-refractivity contribution in [3.05, 3.63) is 86.7 Å². The van der Waals surface area contributed by atoms with Crippen molar-refractivity contribution >= 4 is 52.8 Å². The molecule has 0 radical (unpaired) electrons. The lowest BCUT2D eigenvalue weighted by atomic mass is 10.2. The maximum absolute atomic E-state index is 12.9. The second-order valence-corrected chi connectivity index (χ2v) is 8.99. The summed E-state index contributed by atoms with van der Waals surface area (Å²) < 4.78 is 38.7. The molecule has 3 heterocycles. The van der Waals surface area contributed by atoms with Crippen molar-refractivity contribution in [3.63, 3.8) is 0 Å². The number of thiophene rings is 1. The van der Waals surface area contributed by atoms with Crippen molar-refractivity contribution in [1.82, 2.24) is 10.3 Å². The number of alkyl halides is 3. The van der Waals surface area contributed by atoms with E-state index < -0.39 is 17.6 Å². The number of fused-ring (bicyclic) bond motifs is 1. The number of aromatic nitrogens is 1. The number of nitrogens with one attached hydrogen (secondary N) is 2. The molecule has 0 bridgehead atoms. The van der Waals surface area contributed by atoms with E-state index in [2.05, 4.69) is 15.6 Å². The largest absolute Gasteiger partial charge is 0.416 e. The molecule has 2 aromatic heterocycles. The number of carbonyl (C=O) groups excluding carboxylic acids is 2. The first-order valence-corrected chi connectivity index (χ1v) is 11.3. The molecule has 5 nitrogen and oxygen atoms in total. The van der Waals surface area contributed by atoms with Gasteiger partial charge in [0, 0.05) is 34.8 Å². The molecule has 10 heteroatoms. The van der Waals surface area contributed by atoms with E-state index in [9.17, 15) is 22.8 Å². The summed E-state index contributed by atoms with van der Waals surface area (Å²) in [6, 6.07) is 8.73. The standard InChI is InChI=1S/C23H16F3N3O2S2/c24-23(25,26)16-2-3-19-18(10-16)29-22(31)20(33-19)11-17-9-15(13-32-17)1-4-21(30)28-12-14-5-7-27-8-6-14/h1-11,13H,12H2,(H,28,30)(H,29,31)/b4-1+,20-11?. The van der Waals surface area contributed by atoms with Crippen LogP contribution < -0.4 is 10.6 Å². The molecule has 1 aliphatic heterocycles. The van der Waals surface area contributed by atoms with Crippen molar-refractivity contribution in [2.45, 2.75) is 17.6 Å². The minimum Gasteiger partial charge on any atom is -0.348 e. The molecule has 0 saturated heterocycles. The van der Waals surface area contributed by atoms with Crippen molar-refractivity contribution in [1.29, 1.82) is 0 Å². The van der Waals surface area contributed by atoms with Gasteiger partial charge in [0.1, 0.15) is 0 Å². The van der Waals surface area contributed by atoms with E-state index in [-0.39, 0.29) is 11.6 Å². The summed E-state index contributed by atoms with van der Waals surface area (Å²) >= 11 is 2.50. The molecule has 2 N–H and O–H groups in total. The second kappa shape index (κ2) is 9.63. The first-order valence-electron chi connectivity index (χ1n) is 9.63. The number of carbonyl (C=O) groups is 2. The number of halogens is 3. The monoisotopic (exact) mass is 487 g/mol. The van der Waals surface area contributed by atoms with Crippen LogP contribution in [0.2, 0.25) is 0 Å². The fourth-order valence-corrected chi connectivity index (χ4v) is 4.72. The van der Waals surface area contributed by atoms with Crippen LogP contribution >= 0.6 is 23.1 Å². The van der Waals surface area contributed by atoms with Gasteiger partial charge in [0.05, 0.1) is 16.2 Å². The number of hydrogen-bond donors (Lipinski definition) is 2. The third kappa shape index (κ3) is 5.91. The number of thioether (sulfide) groups is 1. The van der Waals surface area contributed by atoms with Crippen LogP contribution in [0.15, 0.2) is 70.0 Å². The SMILES string of the molecule is O=C(/C=C/c1csc(C=C2Sc3ccc(C(F)(F)F)cc3NC2=O)c1)NCc1ccncc1. The van der Waals surface area contributed by atoms with Crippen LogP contribution in [0.4, 0.5) is 18.9 Å². The first kappa shape index (κ1) is 22.8. The fraction of sp³-hybridized carbons (Fsp3) is 0.0870. The number of benzene rings is 1. The molecule has 0 fully saturated rings. The average Bonchev–Trinajstić information content (AvgIpc) is 3.24. The highest BCUT2D eigenvalue weighted by Crippen LogP contribution is 2.42. The van der Waals surface area contributed by atoms with Gasteiger partial charge in [0.2, 0.25) is 5.91 Å². The molecule has 168 valence electrons. The van der Waals surface area contributed by atoms with Crippen molar-refractivity contribution in [2.75, 3.05) is 5.32 Å². The molecule has 33 heavy (non-hydrogen) atoms. The third-order valence-corrected chi connectivity index (χ3v) is 6.55. The van der Waals surface area contributed by atoms with Crippen LogP contribution in [0.3, 0.4) is 0 Å². The number of hydrogen-bond acceptors (Lipinski definition) is 5. The summed E-state index contributed by atoms with van der Waals surface area (Å²) in [7, 11) is 0. The minimum atomic E-state index is -4.47. The van der Waals surface area contributed by atoms with Gasteiger partial charge in [0.25, 0.3) is 5.91 Å². The quantitative estimate of drug-likeness (QED) is 0.461. The number of anilines is 1. The Kier molecular flexibility index (Phi) is 6.66. The lowest BCUT2D eigenvalue weighted by molar-refractivity contribution is -0.137. The lowest BCUT2D eigenvalue weighted by Crippen LogP contribution is -2.20. The normalized spacial score (nSPS) is 14.9. The molecule has 1 aliphatic rings. The zero-order valence-electron chi connectivity index (χ0n) is 16.8. The molecule has 2 amide bonds. The molecular weight excluding hydrogens is 471 g/mol. The van der Waals surface area contributed by atoms with Gasteiger partial charge in [0.15, 0.2) is 0 Å². The Morgan fingerprint density at radius 3 is 2.70 bits per heavy atom. The Morgan fingerprint density at radius 2 is 1.94 bits per heavy atom. The van der Waals surface area contributed by atoms with Gasteiger partial charge < -0.3 is 10.6 Å². The molecule has 0 atom stereocenters. The van der Waals surface area contributed by atoms with Gasteiger partial charge in [-0.3, -0.25) is 14.6 Å². The highest BCUT2D eigenvalue weighted by molar-refractivity contribution is 8.04. The van der Waals surface area contributed by atoms with Gasteiger partial charge in [-0.1, -0.05) is 11.8 Å². The Hall–Kier alpha value is -3.37. The molecule has 1 aromatic carbocycles. The molecule has 0 aliphatic carbocycles. The van der Waals surface area contributed by atoms with Crippen LogP contribution in [0.1, 0.15) is 21.6 Å². The van der Waals surface area contributed by atoms with Crippen LogP contribution in [0, 0.1) is 0 Å². The number of pyridine rings is 1. The Morgan fingerprint density at radius 1 is 1.15 bits per heavy atom. The van der Waals surface area contributed by atoms with E-state index in [4.69, 9.17) is 0 Å². The molecule has 4 rings (SSSR count). The Labute approximate surface area is 195 Å². The van der Waals surface area contributed by atoms with Gasteiger partial charge in [-0.25, -0.2) is 0 Å². The second-order valence-electron chi connectivity index (χ2n) is 6.96. The van der Waals surface area contributed by atoms with E-state index in [0.29, 0.717) is 16.3 Å². The van der Waals surface area contributed by atoms with Crippen molar-refractivity contribution in [3.8, 4) is 0 Å². The average molecular weight is 488 g/mol. The van der Waals surface area contributed by atoms with E-state index in [0.717, 1.165) is 39.9 Å². The zero-order valence-corrected chi connectivity index (χ0v) is 18.5. The smallest absolute Gasteiger partial charge is 0.348 e. The van der Waals surface area contributed by atoms with Crippen molar-refractivity contribution < 1.29 is 22.8 Å². The molecule has 0 spiro atoms. The number of nitrogens with zero attached hydrogens (tertiary/aromatic N) is 1. The molecule has 0 saturated carbocycles. The highest BCUT2D eigenvalue weighted by Gasteiger charge is 2.32. The lowest BCUT2D eigenvalue weighted by Gasteiger charge is -2.20. The third-order valence-electron chi connectivity index (χ3n) is 4.56. The highest BCUT2D eigenvalue weighted by atomic mass is 32.2. The summed E-state index contributed by atoms with van der Waals surface area (Å²) in [5.74, 6) is -0.706. The first-order chi connectivity index (χ1) is 15.8. The summed E-state index contributed by atoms with van der Waals surface area (Å²) in [6.45, 7) is 0.394. The Bertz CT molecular complexity index is 1250. The van der Waals surface area contributed by atoms with Crippen LogP contribution in [0.25, 0.3) is 12.2 Å².